The number of fused-ring (bicyclic) bond motifs is 1. The summed E-state index contributed by atoms with van der Waals surface area (Å²) < 4.78 is 0. The van der Waals surface area contributed by atoms with E-state index >= 15 is 0 Å². The van der Waals surface area contributed by atoms with Crippen molar-refractivity contribution in [2.24, 2.45) is 0 Å². The standard InChI is InChI=1S/C16H27N5O/c1-19(2)16-8-12-9-21(7-6-15(12)17-18-16)11-14(22)10-20(3)13-4-5-13/h8,13-14,22H,4-7,9-11H2,1-3H3. The second-order valence-corrected chi connectivity index (χ2v) is 6.88. The van der Waals surface area contributed by atoms with Crippen molar-refractivity contribution in [2.45, 2.75) is 38.0 Å². The quantitative estimate of drug-likeness (QED) is 0.819. The lowest BCUT2D eigenvalue weighted by Gasteiger charge is -2.31. The Bertz CT molecular complexity index is 517. The monoisotopic (exact) mass is 305 g/mol. The minimum absolute atomic E-state index is 0.282. The molecule has 3 rings (SSSR count). The Hall–Kier alpha value is -1.24. The van der Waals surface area contributed by atoms with Crippen LogP contribution in [0.4, 0.5) is 5.82 Å². The average Bonchev–Trinajstić information content (AvgIpc) is 3.30. The Morgan fingerprint density at radius 1 is 1.32 bits per heavy atom. The molecule has 1 aromatic heterocycles. The van der Waals surface area contributed by atoms with E-state index < -0.39 is 0 Å². The van der Waals surface area contributed by atoms with Crippen LogP contribution >= 0.6 is 0 Å². The maximum absolute atomic E-state index is 10.3. The molecule has 22 heavy (non-hydrogen) atoms. The van der Waals surface area contributed by atoms with Gasteiger partial charge in [-0.1, -0.05) is 0 Å². The number of rotatable bonds is 6. The summed E-state index contributed by atoms with van der Waals surface area (Å²) >= 11 is 0. The van der Waals surface area contributed by atoms with Gasteiger partial charge in [-0.3, -0.25) is 4.90 Å². The molecule has 0 radical (unpaired) electrons. The molecule has 6 heteroatoms. The lowest BCUT2D eigenvalue weighted by molar-refractivity contribution is 0.0744. The lowest BCUT2D eigenvalue weighted by Crippen LogP contribution is -2.42. The van der Waals surface area contributed by atoms with Crippen LogP contribution < -0.4 is 4.90 Å². The van der Waals surface area contributed by atoms with Crippen LogP contribution in [0.5, 0.6) is 0 Å². The summed E-state index contributed by atoms with van der Waals surface area (Å²) in [5.74, 6) is 0.898. The Morgan fingerprint density at radius 2 is 2.09 bits per heavy atom. The number of aromatic nitrogens is 2. The van der Waals surface area contributed by atoms with Crippen LogP contribution in [-0.4, -0.2) is 78.0 Å². The van der Waals surface area contributed by atoms with Crippen LogP contribution in [0.3, 0.4) is 0 Å². The van der Waals surface area contributed by atoms with Gasteiger partial charge in [0.05, 0.1) is 11.8 Å². The van der Waals surface area contributed by atoms with Crippen molar-refractivity contribution in [1.29, 1.82) is 0 Å². The fourth-order valence-corrected chi connectivity index (χ4v) is 3.10. The molecule has 1 aromatic rings. The van der Waals surface area contributed by atoms with Gasteiger partial charge >= 0.3 is 0 Å². The first-order chi connectivity index (χ1) is 10.5. The maximum Gasteiger partial charge on any atom is 0.151 e. The zero-order chi connectivity index (χ0) is 15.7. The van der Waals surface area contributed by atoms with Gasteiger partial charge in [0.25, 0.3) is 0 Å². The topological polar surface area (TPSA) is 55.7 Å². The molecule has 0 amide bonds. The summed E-state index contributed by atoms with van der Waals surface area (Å²) in [5, 5.41) is 18.9. The number of hydrogen-bond acceptors (Lipinski definition) is 6. The molecule has 0 bridgehead atoms. The number of aliphatic hydroxyl groups is 1. The van der Waals surface area contributed by atoms with E-state index in [0.29, 0.717) is 6.04 Å². The van der Waals surface area contributed by atoms with Crippen LogP contribution in [0.1, 0.15) is 24.1 Å². The van der Waals surface area contributed by atoms with Crippen molar-refractivity contribution in [1.82, 2.24) is 20.0 Å². The molecular formula is C16H27N5O. The molecule has 0 aromatic carbocycles. The highest BCUT2D eigenvalue weighted by Crippen LogP contribution is 2.25. The maximum atomic E-state index is 10.3. The summed E-state index contributed by atoms with van der Waals surface area (Å²) in [6.07, 6.45) is 3.20. The average molecular weight is 305 g/mol. The highest BCUT2D eigenvalue weighted by atomic mass is 16.3. The molecule has 0 spiro atoms. The van der Waals surface area contributed by atoms with Gasteiger partial charge in [0.1, 0.15) is 0 Å². The number of aliphatic hydroxyl groups excluding tert-OH is 1. The van der Waals surface area contributed by atoms with Gasteiger partial charge < -0.3 is 14.9 Å². The van der Waals surface area contributed by atoms with Crippen molar-refractivity contribution in [2.75, 3.05) is 45.7 Å². The Labute approximate surface area is 132 Å². The zero-order valence-corrected chi connectivity index (χ0v) is 13.9. The number of hydrogen-bond donors (Lipinski definition) is 1. The van der Waals surface area contributed by atoms with Gasteiger partial charge in [-0.15, -0.1) is 5.10 Å². The normalized spacial score (nSPS) is 20.0. The van der Waals surface area contributed by atoms with E-state index in [1.54, 1.807) is 0 Å². The van der Waals surface area contributed by atoms with Crippen LogP contribution in [0.25, 0.3) is 0 Å². The Kier molecular flexibility index (Phi) is 4.61. The largest absolute Gasteiger partial charge is 0.390 e. The molecule has 1 N–H and O–H groups in total. The number of nitrogens with zero attached hydrogens (tertiary/aromatic N) is 5. The van der Waals surface area contributed by atoms with E-state index in [1.807, 2.05) is 19.0 Å². The van der Waals surface area contributed by atoms with E-state index in [-0.39, 0.29) is 6.10 Å². The van der Waals surface area contributed by atoms with Gasteiger partial charge in [0.2, 0.25) is 0 Å². The molecule has 1 saturated carbocycles. The molecule has 1 atom stereocenters. The van der Waals surface area contributed by atoms with E-state index in [2.05, 4.69) is 33.1 Å². The first-order valence-electron chi connectivity index (χ1n) is 8.16. The van der Waals surface area contributed by atoms with Gasteiger partial charge in [-0.2, -0.15) is 5.10 Å². The molecule has 2 heterocycles. The first-order valence-corrected chi connectivity index (χ1v) is 8.16. The van der Waals surface area contributed by atoms with Gasteiger partial charge in [-0.25, -0.2) is 0 Å². The first kappa shape index (κ1) is 15.6. The third-order valence-corrected chi connectivity index (χ3v) is 4.60. The van der Waals surface area contributed by atoms with Crippen molar-refractivity contribution >= 4 is 5.82 Å². The van der Waals surface area contributed by atoms with Crippen molar-refractivity contribution in [3.8, 4) is 0 Å². The molecule has 6 nitrogen and oxygen atoms in total. The van der Waals surface area contributed by atoms with Crippen LogP contribution in [0.15, 0.2) is 6.07 Å². The highest BCUT2D eigenvalue weighted by Gasteiger charge is 2.28. The minimum atomic E-state index is -0.282. The van der Waals surface area contributed by atoms with E-state index in [0.717, 1.165) is 44.1 Å². The number of likely N-dealkylation sites (N-methyl/N-ethyl adjacent to an activating group) is 1. The molecule has 1 fully saturated rings. The molecule has 1 unspecified atom stereocenters. The van der Waals surface area contributed by atoms with Gasteiger partial charge in [-0.05, 0) is 31.5 Å². The van der Waals surface area contributed by atoms with Crippen molar-refractivity contribution in [3.63, 3.8) is 0 Å². The smallest absolute Gasteiger partial charge is 0.151 e. The second-order valence-electron chi connectivity index (χ2n) is 6.88. The number of β-amino-alcohol motifs (C(OH)–C–C–N with tert-alkyl or cyclic N) is 1. The summed E-state index contributed by atoms with van der Waals surface area (Å²) in [6.45, 7) is 3.31. The van der Waals surface area contributed by atoms with Gasteiger partial charge in [0.15, 0.2) is 5.82 Å². The fraction of sp³-hybridized carbons (Fsp3) is 0.750. The highest BCUT2D eigenvalue weighted by molar-refractivity contribution is 5.40. The Morgan fingerprint density at radius 3 is 2.77 bits per heavy atom. The predicted octanol–water partition coefficient (Wildman–Crippen LogP) is 0.356. The second kappa shape index (κ2) is 6.48. The summed E-state index contributed by atoms with van der Waals surface area (Å²) in [6, 6.07) is 2.83. The van der Waals surface area contributed by atoms with Crippen molar-refractivity contribution < 1.29 is 5.11 Å². The Balaban J connectivity index is 1.57. The fourth-order valence-electron chi connectivity index (χ4n) is 3.10. The van der Waals surface area contributed by atoms with Crippen LogP contribution in [0.2, 0.25) is 0 Å². The van der Waals surface area contributed by atoms with E-state index in [9.17, 15) is 5.11 Å². The molecule has 1 aliphatic carbocycles. The predicted molar refractivity (Wildman–Crippen MR) is 87.0 cm³/mol. The van der Waals surface area contributed by atoms with Crippen LogP contribution in [0, 0.1) is 0 Å². The van der Waals surface area contributed by atoms with E-state index in [4.69, 9.17) is 0 Å². The van der Waals surface area contributed by atoms with Crippen LogP contribution in [-0.2, 0) is 13.0 Å². The van der Waals surface area contributed by atoms with Crippen molar-refractivity contribution in [3.05, 3.63) is 17.3 Å². The third kappa shape index (κ3) is 3.74. The summed E-state index contributed by atoms with van der Waals surface area (Å²) in [7, 11) is 6.08. The number of anilines is 1. The molecule has 0 saturated heterocycles. The molecular weight excluding hydrogens is 278 g/mol. The van der Waals surface area contributed by atoms with Gasteiger partial charge in [0, 0.05) is 52.7 Å². The molecule has 2 aliphatic rings. The third-order valence-electron chi connectivity index (χ3n) is 4.60. The van der Waals surface area contributed by atoms with E-state index in [1.165, 1.54) is 18.4 Å². The SMILES string of the molecule is CN(C)c1cc2c(nn1)CCN(CC(O)CN(C)C1CC1)C2. The molecule has 122 valence electrons. The molecule has 1 aliphatic heterocycles. The summed E-state index contributed by atoms with van der Waals surface area (Å²) in [4.78, 5) is 6.60. The summed E-state index contributed by atoms with van der Waals surface area (Å²) in [5.41, 5.74) is 2.35. The zero-order valence-electron chi connectivity index (χ0n) is 13.9. The lowest BCUT2D eigenvalue weighted by atomic mass is 10.1. The minimum Gasteiger partial charge on any atom is -0.390 e.